The van der Waals surface area contributed by atoms with Crippen molar-refractivity contribution in [3.63, 3.8) is 0 Å². The zero-order chi connectivity index (χ0) is 12.2. The van der Waals surface area contributed by atoms with Crippen LogP contribution in [-0.4, -0.2) is 17.8 Å². The van der Waals surface area contributed by atoms with Crippen LogP contribution in [-0.2, 0) is 5.41 Å². The lowest BCUT2D eigenvalue weighted by molar-refractivity contribution is 0.155. The zero-order valence-electron chi connectivity index (χ0n) is 10.7. The van der Waals surface area contributed by atoms with Crippen LogP contribution in [0.1, 0.15) is 39.7 Å². The summed E-state index contributed by atoms with van der Waals surface area (Å²) >= 11 is 0. The number of aliphatic hydroxyl groups excluding tert-OH is 1. The third-order valence-electron chi connectivity index (χ3n) is 2.49. The van der Waals surface area contributed by atoms with E-state index in [1.165, 1.54) is 5.56 Å². The van der Waals surface area contributed by atoms with Gasteiger partial charge in [0.05, 0.1) is 12.7 Å². The number of ether oxygens (including phenoxy) is 1. The van der Waals surface area contributed by atoms with Gasteiger partial charge in [-0.2, -0.15) is 0 Å². The van der Waals surface area contributed by atoms with E-state index in [2.05, 4.69) is 26.8 Å². The van der Waals surface area contributed by atoms with E-state index in [9.17, 15) is 5.11 Å². The molecule has 0 aromatic heterocycles. The summed E-state index contributed by atoms with van der Waals surface area (Å²) in [5, 5.41) is 9.18. The summed E-state index contributed by atoms with van der Waals surface area (Å²) in [6.07, 6.45) is 0.361. The van der Waals surface area contributed by atoms with Crippen LogP contribution < -0.4 is 4.74 Å². The second-order valence-electron chi connectivity index (χ2n) is 5.23. The lowest BCUT2D eigenvalue weighted by Gasteiger charge is -2.22. The van der Waals surface area contributed by atoms with Crippen LogP contribution in [0.2, 0.25) is 0 Å². The van der Waals surface area contributed by atoms with E-state index in [1.54, 1.807) is 6.92 Å². The first kappa shape index (κ1) is 13.0. The highest BCUT2D eigenvalue weighted by molar-refractivity contribution is 5.38. The molecular weight excluding hydrogens is 200 g/mol. The second kappa shape index (κ2) is 5.35. The maximum Gasteiger partial charge on any atom is 0.123 e. The Hall–Kier alpha value is -1.02. The van der Waals surface area contributed by atoms with Gasteiger partial charge in [-0.15, -0.1) is 0 Å². The predicted molar refractivity (Wildman–Crippen MR) is 66.9 cm³/mol. The molecule has 0 amide bonds. The number of benzene rings is 1. The molecule has 1 atom stereocenters. The summed E-state index contributed by atoms with van der Waals surface area (Å²) in [7, 11) is 0. The summed E-state index contributed by atoms with van der Waals surface area (Å²) in [4.78, 5) is 0. The van der Waals surface area contributed by atoms with E-state index in [0.717, 1.165) is 5.75 Å². The Balaban J connectivity index is 2.72. The molecule has 1 rings (SSSR count). The van der Waals surface area contributed by atoms with Gasteiger partial charge in [0.1, 0.15) is 5.75 Å². The van der Waals surface area contributed by atoms with Gasteiger partial charge in [-0.3, -0.25) is 0 Å². The second-order valence-corrected chi connectivity index (χ2v) is 5.23. The average Bonchev–Trinajstić information content (AvgIpc) is 2.16. The molecule has 2 nitrogen and oxygen atoms in total. The SMILES string of the molecule is CC(O)CCOc1ccccc1C(C)(C)C. The monoisotopic (exact) mass is 222 g/mol. The number of aliphatic hydroxyl groups is 1. The first-order valence-electron chi connectivity index (χ1n) is 5.81. The van der Waals surface area contributed by atoms with Gasteiger partial charge in [0.15, 0.2) is 0 Å². The fourth-order valence-corrected chi connectivity index (χ4v) is 1.55. The van der Waals surface area contributed by atoms with Gasteiger partial charge in [-0.1, -0.05) is 39.0 Å². The summed E-state index contributed by atoms with van der Waals surface area (Å²) in [5.41, 5.74) is 1.29. The molecule has 0 aliphatic heterocycles. The van der Waals surface area contributed by atoms with Crippen molar-refractivity contribution in [2.24, 2.45) is 0 Å². The van der Waals surface area contributed by atoms with Crippen molar-refractivity contribution in [3.8, 4) is 5.75 Å². The van der Waals surface area contributed by atoms with Gasteiger partial charge in [0.2, 0.25) is 0 Å². The average molecular weight is 222 g/mol. The fraction of sp³-hybridized carbons (Fsp3) is 0.571. The quantitative estimate of drug-likeness (QED) is 0.848. The number of para-hydroxylation sites is 1. The Labute approximate surface area is 98.3 Å². The lowest BCUT2D eigenvalue weighted by atomic mass is 9.86. The van der Waals surface area contributed by atoms with E-state index in [4.69, 9.17) is 4.74 Å². The van der Waals surface area contributed by atoms with Crippen molar-refractivity contribution in [3.05, 3.63) is 29.8 Å². The van der Waals surface area contributed by atoms with Crippen LogP contribution in [0.4, 0.5) is 0 Å². The molecule has 1 aromatic carbocycles. The van der Waals surface area contributed by atoms with Crippen LogP contribution >= 0.6 is 0 Å². The minimum atomic E-state index is -0.304. The molecule has 0 aliphatic rings. The van der Waals surface area contributed by atoms with E-state index < -0.39 is 0 Å². The van der Waals surface area contributed by atoms with E-state index in [-0.39, 0.29) is 11.5 Å². The Morgan fingerprint density at radius 2 is 1.88 bits per heavy atom. The predicted octanol–water partition coefficient (Wildman–Crippen LogP) is 3.13. The number of hydrogen-bond acceptors (Lipinski definition) is 2. The molecule has 1 N–H and O–H groups in total. The van der Waals surface area contributed by atoms with Crippen molar-refractivity contribution < 1.29 is 9.84 Å². The lowest BCUT2D eigenvalue weighted by Crippen LogP contribution is -2.15. The zero-order valence-corrected chi connectivity index (χ0v) is 10.7. The topological polar surface area (TPSA) is 29.5 Å². The first-order chi connectivity index (χ1) is 7.41. The largest absolute Gasteiger partial charge is 0.493 e. The number of hydrogen-bond donors (Lipinski definition) is 1. The Bertz CT molecular complexity index is 324. The van der Waals surface area contributed by atoms with Crippen LogP contribution in [0, 0.1) is 0 Å². The normalized spacial score (nSPS) is 13.6. The molecule has 1 unspecified atom stereocenters. The standard InChI is InChI=1S/C14H22O2/c1-11(15)9-10-16-13-8-6-5-7-12(13)14(2,3)4/h5-8,11,15H,9-10H2,1-4H3. The Morgan fingerprint density at radius 3 is 2.44 bits per heavy atom. The molecule has 0 bridgehead atoms. The van der Waals surface area contributed by atoms with Crippen molar-refractivity contribution >= 4 is 0 Å². The molecule has 16 heavy (non-hydrogen) atoms. The summed E-state index contributed by atoms with van der Waals surface area (Å²) in [5.74, 6) is 0.927. The fourth-order valence-electron chi connectivity index (χ4n) is 1.55. The van der Waals surface area contributed by atoms with Gasteiger partial charge in [-0.25, -0.2) is 0 Å². The summed E-state index contributed by atoms with van der Waals surface area (Å²) in [6, 6.07) is 8.09. The van der Waals surface area contributed by atoms with E-state index in [1.807, 2.05) is 18.2 Å². The van der Waals surface area contributed by atoms with Crippen LogP contribution in [0.15, 0.2) is 24.3 Å². The van der Waals surface area contributed by atoms with E-state index >= 15 is 0 Å². The molecule has 0 radical (unpaired) electrons. The first-order valence-corrected chi connectivity index (χ1v) is 5.81. The third kappa shape index (κ3) is 3.86. The molecule has 0 heterocycles. The summed E-state index contributed by atoms with van der Waals surface area (Å²) in [6.45, 7) is 8.85. The highest BCUT2D eigenvalue weighted by Gasteiger charge is 2.18. The minimum absolute atomic E-state index is 0.0847. The van der Waals surface area contributed by atoms with Crippen molar-refractivity contribution in [1.82, 2.24) is 0 Å². The molecule has 1 aromatic rings. The molecule has 0 saturated heterocycles. The third-order valence-corrected chi connectivity index (χ3v) is 2.49. The van der Waals surface area contributed by atoms with Crippen LogP contribution in [0.25, 0.3) is 0 Å². The molecule has 0 aliphatic carbocycles. The van der Waals surface area contributed by atoms with E-state index in [0.29, 0.717) is 13.0 Å². The molecule has 0 saturated carbocycles. The van der Waals surface area contributed by atoms with Gasteiger partial charge in [-0.05, 0) is 24.0 Å². The highest BCUT2D eigenvalue weighted by atomic mass is 16.5. The molecule has 0 spiro atoms. The molecule has 2 heteroatoms. The maximum absolute atomic E-state index is 9.18. The van der Waals surface area contributed by atoms with Gasteiger partial charge >= 0.3 is 0 Å². The van der Waals surface area contributed by atoms with Gasteiger partial charge < -0.3 is 9.84 Å². The molecule has 0 fully saturated rings. The molecular formula is C14H22O2. The highest BCUT2D eigenvalue weighted by Crippen LogP contribution is 2.30. The van der Waals surface area contributed by atoms with Crippen LogP contribution in [0.5, 0.6) is 5.75 Å². The Morgan fingerprint density at radius 1 is 1.25 bits per heavy atom. The minimum Gasteiger partial charge on any atom is -0.493 e. The number of rotatable bonds is 4. The summed E-state index contributed by atoms with van der Waals surface area (Å²) < 4.78 is 5.71. The van der Waals surface area contributed by atoms with Crippen LogP contribution in [0.3, 0.4) is 0 Å². The van der Waals surface area contributed by atoms with Crippen molar-refractivity contribution in [2.75, 3.05) is 6.61 Å². The Kier molecular flexibility index (Phi) is 4.36. The van der Waals surface area contributed by atoms with Gasteiger partial charge in [0, 0.05) is 6.42 Å². The van der Waals surface area contributed by atoms with Gasteiger partial charge in [0.25, 0.3) is 0 Å². The molecule has 90 valence electrons. The smallest absolute Gasteiger partial charge is 0.123 e. The van der Waals surface area contributed by atoms with Crippen molar-refractivity contribution in [1.29, 1.82) is 0 Å². The maximum atomic E-state index is 9.18. The van der Waals surface area contributed by atoms with Crippen molar-refractivity contribution in [2.45, 2.75) is 45.6 Å².